The minimum atomic E-state index is 0.630. The zero-order chi connectivity index (χ0) is 13.5. The van der Waals surface area contributed by atoms with Gasteiger partial charge in [0, 0.05) is 12.6 Å². The summed E-state index contributed by atoms with van der Waals surface area (Å²) in [6.07, 6.45) is 2.39. The highest BCUT2D eigenvalue weighted by Gasteiger charge is 2.03. The van der Waals surface area contributed by atoms with E-state index >= 15 is 0 Å². The summed E-state index contributed by atoms with van der Waals surface area (Å²) in [6, 6.07) is 6.76. The fourth-order valence-electron chi connectivity index (χ4n) is 1.80. The molecule has 3 N–H and O–H groups in total. The molecule has 0 fully saturated rings. The minimum Gasteiger partial charge on any atom is -0.397 e. The van der Waals surface area contributed by atoms with Gasteiger partial charge in [-0.05, 0) is 58.8 Å². The molecule has 102 valence electrons. The van der Waals surface area contributed by atoms with Crippen LogP contribution >= 0.6 is 0 Å². The highest BCUT2D eigenvalue weighted by Crippen LogP contribution is 2.21. The summed E-state index contributed by atoms with van der Waals surface area (Å²) < 4.78 is 0. The number of para-hydroxylation sites is 1. The van der Waals surface area contributed by atoms with Gasteiger partial charge in [-0.15, -0.1) is 0 Å². The van der Waals surface area contributed by atoms with E-state index in [0.717, 1.165) is 30.0 Å². The molecule has 0 aliphatic rings. The Morgan fingerprint density at radius 1 is 1.28 bits per heavy atom. The zero-order valence-corrected chi connectivity index (χ0v) is 12.2. The van der Waals surface area contributed by atoms with E-state index in [9.17, 15) is 0 Å². The molecule has 1 aromatic rings. The third-order valence-electron chi connectivity index (χ3n) is 3.46. The third kappa shape index (κ3) is 4.57. The van der Waals surface area contributed by atoms with Gasteiger partial charge in [0.15, 0.2) is 0 Å². The molecule has 0 amide bonds. The van der Waals surface area contributed by atoms with Gasteiger partial charge in [-0.2, -0.15) is 0 Å². The van der Waals surface area contributed by atoms with Crippen LogP contribution in [0.2, 0.25) is 0 Å². The molecule has 3 heteroatoms. The van der Waals surface area contributed by atoms with Gasteiger partial charge in [-0.3, -0.25) is 0 Å². The Bertz CT molecular complexity index is 361. The Balaban J connectivity index is 2.24. The van der Waals surface area contributed by atoms with Crippen LogP contribution < -0.4 is 11.1 Å². The predicted octanol–water partition coefficient (Wildman–Crippen LogP) is 3.11. The Morgan fingerprint density at radius 2 is 2.00 bits per heavy atom. The topological polar surface area (TPSA) is 41.3 Å². The van der Waals surface area contributed by atoms with Crippen LogP contribution in [0.1, 0.15) is 32.3 Å². The second-order valence-corrected chi connectivity index (χ2v) is 5.24. The van der Waals surface area contributed by atoms with Gasteiger partial charge < -0.3 is 16.0 Å². The summed E-state index contributed by atoms with van der Waals surface area (Å²) in [5.41, 5.74) is 9.09. The summed E-state index contributed by atoms with van der Waals surface area (Å²) >= 11 is 0. The van der Waals surface area contributed by atoms with Crippen LogP contribution in [0.3, 0.4) is 0 Å². The van der Waals surface area contributed by atoms with Gasteiger partial charge in [-0.1, -0.05) is 12.1 Å². The number of nitrogens with zero attached hydrogens (tertiary/aromatic N) is 1. The van der Waals surface area contributed by atoms with Crippen LogP contribution in [-0.4, -0.2) is 31.1 Å². The molecule has 0 spiro atoms. The van der Waals surface area contributed by atoms with Gasteiger partial charge in [0.2, 0.25) is 0 Å². The number of anilines is 2. The van der Waals surface area contributed by atoms with Crippen LogP contribution in [0.15, 0.2) is 18.2 Å². The SMILES string of the molecule is Cc1cccc(NCCCCN(C)C(C)C)c1N. The number of hydrogen-bond donors (Lipinski definition) is 2. The van der Waals surface area contributed by atoms with Crippen molar-refractivity contribution in [2.24, 2.45) is 0 Å². The summed E-state index contributed by atoms with van der Waals surface area (Å²) in [5, 5.41) is 3.41. The van der Waals surface area contributed by atoms with Crippen molar-refractivity contribution in [3.63, 3.8) is 0 Å². The fraction of sp³-hybridized carbons (Fsp3) is 0.600. The monoisotopic (exact) mass is 249 g/mol. The molecule has 0 bridgehead atoms. The lowest BCUT2D eigenvalue weighted by Gasteiger charge is -2.20. The minimum absolute atomic E-state index is 0.630. The van der Waals surface area contributed by atoms with Crippen molar-refractivity contribution in [2.45, 2.75) is 39.7 Å². The van der Waals surface area contributed by atoms with Gasteiger partial charge in [-0.25, -0.2) is 0 Å². The zero-order valence-electron chi connectivity index (χ0n) is 12.2. The lowest BCUT2D eigenvalue weighted by molar-refractivity contribution is 0.269. The van der Waals surface area contributed by atoms with Crippen LogP contribution in [0, 0.1) is 6.92 Å². The maximum absolute atomic E-state index is 6.01. The first-order chi connectivity index (χ1) is 8.52. The quantitative estimate of drug-likeness (QED) is 0.576. The first kappa shape index (κ1) is 14.8. The molecular formula is C15H27N3. The van der Waals surface area contributed by atoms with Crippen LogP contribution in [-0.2, 0) is 0 Å². The van der Waals surface area contributed by atoms with Gasteiger partial charge in [0.25, 0.3) is 0 Å². The number of benzene rings is 1. The van der Waals surface area contributed by atoms with Crippen molar-refractivity contribution in [1.82, 2.24) is 4.90 Å². The van der Waals surface area contributed by atoms with E-state index in [0.29, 0.717) is 6.04 Å². The van der Waals surface area contributed by atoms with Gasteiger partial charge in [0.1, 0.15) is 0 Å². The van der Waals surface area contributed by atoms with Crippen molar-refractivity contribution in [3.05, 3.63) is 23.8 Å². The highest BCUT2D eigenvalue weighted by atomic mass is 15.1. The number of unbranched alkanes of at least 4 members (excludes halogenated alkanes) is 1. The number of rotatable bonds is 7. The lowest BCUT2D eigenvalue weighted by atomic mass is 10.1. The Kier molecular flexibility index (Phi) is 5.99. The van der Waals surface area contributed by atoms with Gasteiger partial charge >= 0.3 is 0 Å². The Morgan fingerprint density at radius 3 is 2.67 bits per heavy atom. The van der Waals surface area contributed by atoms with Gasteiger partial charge in [0.05, 0.1) is 11.4 Å². The molecule has 0 aliphatic heterocycles. The van der Waals surface area contributed by atoms with Crippen molar-refractivity contribution in [2.75, 3.05) is 31.2 Å². The molecule has 0 aliphatic carbocycles. The highest BCUT2D eigenvalue weighted by molar-refractivity contribution is 5.69. The van der Waals surface area contributed by atoms with Crippen LogP contribution in [0.4, 0.5) is 11.4 Å². The van der Waals surface area contributed by atoms with E-state index < -0.39 is 0 Å². The first-order valence-corrected chi connectivity index (χ1v) is 6.81. The molecule has 0 saturated carbocycles. The smallest absolute Gasteiger partial charge is 0.0579 e. The van der Waals surface area contributed by atoms with E-state index in [1.165, 1.54) is 12.8 Å². The molecule has 0 saturated heterocycles. The maximum Gasteiger partial charge on any atom is 0.0579 e. The van der Waals surface area contributed by atoms with Crippen molar-refractivity contribution >= 4 is 11.4 Å². The molecule has 3 nitrogen and oxygen atoms in total. The number of nitrogens with one attached hydrogen (secondary N) is 1. The summed E-state index contributed by atoms with van der Waals surface area (Å²) in [4.78, 5) is 2.38. The molecule has 0 unspecified atom stereocenters. The van der Waals surface area contributed by atoms with Crippen molar-refractivity contribution < 1.29 is 0 Å². The lowest BCUT2D eigenvalue weighted by Crippen LogP contribution is -2.27. The molecule has 0 heterocycles. The molecule has 0 aromatic heterocycles. The average Bonchev–Trinajstić information content (AvgIpc) is 2.33. The Hall–Kier alpha value is -1.22. The maximum atomic E-state index is 6.01. The molecular weight excluding hydrogens is 222 g/mol. The molecule has 0 atom stereocenters. The van der Waals surface area contributed by atoms with E-state index in [1.54, 1.807) is 0 Å². The van der Waals surface area contributed by atoms with Crippen molar-refractivity contribution in [3.8, 4) is 0 Å². The van der Waals surface area contributed by atoms with Crippen LogP contribution in [0.5, 0.6) is 0 Å². The summed E-state index contributed by atoms with van der Waals surface area (Å²) in [7, 11) is 2.18. The van der Waals surface area contributed by atoms with Crippen molar-refractivity contribution in [1.29, 1.82) is 0 Å². The van der Waals surface area contributed by atoms with E-state index in [2.05, 4.69) is 31.1 Å². The number of aryl methyl sites for hydroxylation is 1. The third-order valence-corrected chi connectivity index (χ3v) is 3.46. The average molecular weight is 249 g/mol. The molecule has 0 radical (unpaired) electrons. The van der Waals surface area contributed by atoms with E-state index in [1.807, 2.05) is 25.1 Å². The molecule has 1 aromatic carbocycles. The number of nitrogen functional groups attached to an aromatic ring is 1. The molecule has 18 heavy (non-hydrogen) atoms. The number of nitrogens with two attached hydrogens (primary N) is 1. The predicted molar refractivity (Wildman–Crippen MR) is 81.1 cm³/mol. The second kappa shape index (κ2) is 7.27. The standard InChI is InChI=1S/C15H27N3/c1-12(2)18(4)11-6-5-10-17-14-9-7-8-13(3)15(14)16/h7-9,12,17H,5-6,10-11,16H2,1-4H3. The Labute approximate surface area is 111 Å². The summed E-state index contributed by atoms with van der Waals surface area (Å²) in [5.74, 6) is 0. The fourth-order valence-corrected chi connectivity index (χ4v) is 1.80. The van der Waals surface area contributed by atoms with E-state index in [-0.39, 0.29) is 0 Å². The summed E-state index contributed by atoms with van der Waals surface area (Å²) in [6.45, 7) is 8.64. The van der Waals surface area contributed by atoms with Crippen LogP contribution in [0.25, 0.3) is 0 Å². The van der Waals surface area contributed by atoms with E-state index in [4.69, 9.17) is 5.73 Å². The second-order valence-electron chi connectivity index (χ2n) is 5.24. The normalized spacial score (nSPS) is 11.2. The largest absolute Gasteiger partial charge is 0.397 e. The number of hydrogen-bond acceptors (Lipinski definition) is 3. The first-order valence-electron chi connectivity index (χ1n) is 6.81. The molecule has 1 rings (SSSR count).